The van der Waals surface area contributed by atoms with E-state index >= 15 is 0 Å². The summed E-state index contributed by atoms with van der Waals surface area (Å²) in [4.78, 5) is 11.2. The molecule has 0 aliphatic rings. The maximum absolute atomic E-state index is 11.2. The van der Waals surface area contributed by atoms with Crippen molar-refractivity contribution in [1.29, 1.82) is 0 Å². The maximum Gasteiger partial charge on any atom is 0.308 e. The number of hydrogen-bond acceptors (Lipinski definition) is 5. The predicted molar refractivity (Wildman–Crippen MR) is 238 cm³/mol. The third-order valence-electron chi connectivity index (χ3n) is 9.22. The fourth-order valence-corrected chi connectivity index (χ4v) is 6.38. The number of benzene rings is 7. The Balaban J connectivity index is 1.23. The smallest absolute Gasteiger partial charge is 0.308 e. The molecule has 5 heteroatoms. The van der Waals surface area contributed by atoms with Gasteiger partial charge in [0.25, 0.3) is 0 Å². The first kappa shape index (κ1) is 37.8. The SMILES string of the molecule is COc1ccc(/C=C/C=C/c2ccc(N(N=C(c3ccccc3)c3ccccc3)c3ccc(/C=C/C=C/c4ccc(OC(C)=O)cc4)cc3)c3ccccc23)cc1. The van der Waals surface area contributed by atoms with E-state index in [0.29, 0.717) is 5.75 Å². The van der Waals surface area contributed by atoms with Gasteiger partial charge in [-0.2, -0.15) is 5.10 Å². The van der Waals surface area contributed by atoms with E-state index in [1.165, 1.54) is 6.92 Å². The molecule has 0 aliphatic heterocycles. The van der Waals surface area contributed by atoms with E-state index in [1.807, 2.05) is 91.0 Å². The van der Waals surface area contributed by atoms with Gasteiger partial charge in [-0.15, -0.1) is 0 Å². The molecular weight excluding hydrogens is 701 g/mol. The Morgan fingerprint density at radius 3 is 1.51 bits per heavy atom. The minimum absolute atomic E-state index is 0.334. The molecule has 0 radical (unpaired) electrons. The number of carbonyl (C=O) groups is 1. The Labute approximate surface area is 334 Å². The van der Waals surface area contributed by atoms with Crippen molar-refractivity contribution in [2.75, 3.05) is 12.1 Å². The van der Waals surface area contributed by atoms with Crippen LogP contribution in [0.4, 0.5) is 11.4 Å². The first-order chi connectivity index (χ1) is 28.0. The van der Waals surface area contributed by atoms with Crippen molar-refractivity contribution in [3.05, 3.63) is 228 Å². The van der Waals surface area contributed by atoms with Gasteiger partial charge in [0.2, 0.25) is 0 Å². The fraction of sp³-hybridized carbons (Fsp3) is 0.0385. The number of methoxy groups -OCH3 is 1. The minimum atomic E-state index is -0.334. The van der Waals surface area contributed by atoms with Gasteiger partial charge in [0.1, 0.15) is 11.5 Å². The lowest BCUT2D eigenvalue weighted by molar-refractivity contribution is -0.131. The third-order valence-corrected chi connectivity index (χ3v) is 9.22. The number of hydrogen-bond donors (Lipinski definition) is 0. The largest absolute Gasteiger partial charge is 0.497 e. The molecule has 0 aromatic heterocycles. The lowest BCUT2D eigenvalue weighted by Crippen LogP contribution is -2.15. The average Bonchev–Trinajstić information content (AvgIpc) is 3.26. The van der Waals surface area contributed by atoms with Crippen LogP contribution >= 0.6 is 0 Å². The lowest BCUT2D eigenvalue weighted by atomic mass is 10.0. The molecular formula is C52H42N2O3. The van der Waals surface area contributed by atoms with Crippen LogP contribution in [0.3, 0.4) is 0 Å². The van der Waals surface area contributed by atoms with Crippen molar-refractivity contribution in [1.82, 2.24) is 0 Å². The highest BCUT2D eigenvalue weighted by Gasteiger charge is 2.17. The van der Waals surface area contributed by atoms with Crippen LogP contribution in [0.5, 0.6) is 11.5 Å². The molecule has 7 aromatic rings. The van der Waals surface area contributed by atoms with Crippen molar-refractivity contribution in [2.24, 2.45) is 5.10 Å². The fourth-order valence-electron chi connectivity index (χ4n) is 6.38. The normalized spacial score (nSPS) is 11.5. The number of allylic oxidation sites excluding steroid dienone is 4. The molecule has 0 atom stereocenters. The van der Waals surface area contributed by atoms with Crippen LogP contribution in [0.15, 0.2) is 199 Å². The number of fused-ring (bicyclic) bond motifs is 1. The van der Waals surface area contributed by atoms with Gasteiger partial charge in [-0.25, -0.2) is 5.01 Å². The Morgan fingerprint density at radius 1 is 0.509 bits per heavy atom. The molecule has 5 nitrogen and oxygen atoms in total. The number of nitrogens with zero attached hydrogens (tertiary/aromatic N) is 2. The second-order valence-electron chi connectivity index (χ2n) is 13.2. The summed E-state index contributed by atoms with van der Waals surface area (Å²) < 4.78 is 10.4. The zero-order valence-corrected chi connectivity index (χ0v) is 31.9. The zero-order valence-electron chi connectivity index (χ0n) is 31.9. The average molecular weight is 743 g/mol. The van der Waals surface area contributed by atoms with Crippen LogP contribution in [0.25, 0.3) is 35.1 Å². The molecule has 7 aromatic carbocycles. The summed E-state index contributed by atoms with van der Waals surface area (Å²) in [5.41, 5.74) is 9.07. The third kappa shape index (κ3) is 9.98. The molecule has 0 saturated heterocycles. The highest BCUT2D eigenvalue weighted by Crippen LogP contribution is 2.36. The quantitative estimate of drug-likeness (QED) is 0.0388. The van der Waals surface area contributed by atoms with Crippen LogP contribution in [0.2, 0.25) is 0 Å². The summed E-state index contributed by atoms with van der Waals surface area (Å²) in [6, 6.07) is 57.3. The van der Waals surface area contributed by atoms with Gasteiger partial charge in [0.15, 0.2) is 0 Å². The van der Waals surface area contributed by atoms with Crippen LogP contribution in [0, 0.1) is 0 Å². The van der Waals surface area contributed by atoms with Crippen LogP contribution in [-0.2, 0) is 4.79 Å². The van der Waals surface area contributed by atoms with E-state index in [2.05, 4.69) is 120 Å². The monoisotopic (exact) mass is 742 g/mol. The van der Waals surface area contributed by atoms with Crippen LogP contribution in [0.1, 0.15) is 40.3 Å². The number of ether oxygens (including phenoxy) is 2. The summed E-state index contributed by atoms with van der Waals surface area (Å²) in [6.07, 6.45) is 16.5. The minimum Gasteiger partial charge on any atom is -0.497 e. The number of rotatable bonds is 13. The zero-order chi connectivity index (χ0) is 39.2. The van der Waals surface area contributed by atoms with E-state index < -0.39 is 0 Å². The van der Waals surface area contributed by atoms with Gasteiger partial charge in [0, 0.05) is 23.4 Å². The molecule has 0 unspecified atom stereocenters. The van der Waals surface area contributed by atoms with Crippen molar-refractivity contribution >= 4 is 58.1 Å². The van der Waals surface area contributed by atoms with Gasteiger partial charge in [-0.05, 0) is 70.1 Å². The van der Waals surface area contributed by atoms with E-state index in [4.69, 9.17) is 14.6 Å². The first-order valence-electron chi connectivity index (χ1n) is 18.8. The second kappa shape index (κ2) is 18.7. The Morgan fingerprint density at radius 2 is 0.982 bits per heavy atom. The molecule has 0 saturated carbocycles. The highest BCUT2D eigenvalue weighted by atomic mass is 16.5. The Hall–Kier alpha value is -7.50. The predicted octanol–water partition coefficient (Wildman–Crippen LogP) is 12.8. The number of carbonyl (C=O) groups excluding carboxylic acids is 1. The molecule has 0 N–H and O–H groups in total. The summed E-state index contributed by atoms with van der Waals surface area (Å²) in [6.45, 7) is 1.40. The summed E-state index contributed by atoms with van der Waals surface area (Å²) >= 11 is 0. The maximum atomic E-state index is 11.2. The molecule has 0 amide bonds. The molecule has 57 heavy (non-hydrogen) atoms. The number of anilines is 2. The molecule has 7 rings (SSSR count). The molecule has 0 spiro atoms. The highest BCUT2D eigenvalue weighted by molar-refractivity contribution is 6.14. The van der Waals surface area contributed by atoms with Gasteiger partial charge in [-0.1, -0.05) is 176 Å². The van der Waals surface area contributed by atoms with Crippen LogP contribution < -0.4 is 14.5 Å². The van der Waals surface area contributed by atoms with Crippen molar-refractivity contribution in [3.8, 4) is 11.5 Å². The number of esters is 1. The topological polar surface area (TPSA) is 51.1 Å². The molecule has 0 bridgehead atoms. The Bertz CT molecular complexity index is 2530. The molecule has 0 fully saturated rings. The van der Waals surface area contributed by atoms with E-state index in [9.17, 15) is 4.79 Å². The summed E-state index contributed by atoms with van der Waals surface area (Å²) in [5, 5.41) is 9.74. The van der Waals surface area contributed by atoms with Gasteiger partial charge >= 0.3 is 5.97 Å². The standard InChI is InChI=1S/C52H42N2O3/c1-39(55)57-48-36-29-42(30-37-48)16-10-9-15-40-25-32-46(33-26-40)54(53-52(44-19-5-3-6-20-44)45-21-7-4-8-22-45)51-38-31-43(49-23-13-14-24-50(49)51)18-12-11-17-41-27-34-47(56-2)35-28-41/h3-38H,1-2H3/b15-9+,16-10+,17-11+,18-12+. The van der Waals surface area contributed by atoms with Crippen molar-refractivity contribution in [3.63, 3.8) is 0 Å². The van der Waals surface area contributed by atoms with Crippen molar-refractivity contribution < 1.29 is 14.3 Å². The second-order valence-corrected chi connectivity index (χ2v) is 13.2. The number of hydrazone groups is 1. The van der Waals surface area contributed by atoms with E-state index in [1.54, 1.807) is 19.2 Å². The van der Waals surface area contributed by atoms with E-state index in [0.717, 1.165) is 67.0 Å². The lowest BCUT2D eigenvalue weighted by Gasteiger charge is -2.24. The van der Waals surface area contributed by atoms with Crippen LogP contribution in [-0.4, -0.2) is 18.8 Å². The Kier molecular flexibility index (Phi) is 12.4. The summed E-state index contributed by atoms with van der Waals surface area (Å²) in [7, 11) is 1.68. The first-order valence-corrected chi connectivity index (χ1v) is 18.8. The van der Waals surface area contributed by atoms with Crippen molar-refractivity contribution in [2.45, 2.75) is 6.92 Å². The van der Waals surface area contributed by atoms with Gasteiger partial charge < -0.3 is 9.47 Å². The van der Waals surface area contributed by atoms with Gasteiger partial charge in [0.05, 0.1) is 24.2 Å². The van der Waals surface area contributed by atoms with Gasteiger partial charge in [-0.3, -0.25) is 4.79 Å². The summed E-state index contributed by atoms with van der Waals surface area (Å²) in [5.74, 6) is 1.04. The molecule has 0 aliphatic carbocycles. The molecule has 0 heterocycles. The molecule has 278 valence electrons. The van der Waals surface area contributed by atoms with E-state index in [-0.39, 0.29) is 5.97 Å².